The molecule has 230 valence electrons. The molecule has 0 saturated heterocycles. The molecule has 9 nitrogen and oxygen atoms in total. The first-order valence-electron chi connectivity index (χ1n) is 14.0. The summed E-state index contributed by atoms with van der Waals surface area (Å²) in [5.74, 6) is -2.44. The topological polar surface area (TPSA) is 110 Å². The molecule has 0 N–H and O–H groups in total. The van der Waals surface area contributed by atoms with Crippen LogP contribution in [0.4, 0.5) is 4.39 Å². The Kier molecular flexibility index (Phi) is 12.6. The van der Waals surface area contributed by atoms with Gasteiger partial charge in [-0.25, -0.2) is 9.37 Å². The molecule has 4 atom stereocenters. The molecule has 0 aliphatic carbocycles. The highest BCUT2D eigenvalue weighted by atomic mass is 19.1. The second kappa shape index (κ2) is 16.4. The number of ether oxygens (including phenoxy) is 5. The van der Waals surface area contributed by atoms with Gasteiger partial charge in [-0.15, -0.1) is 0 Å². The lowest BCUT2D eigenvalue weighted by Gasteiger charge is -2.33. The molecular formula is C33H38FNO8. The number of carbonyl (C=O) groups is 3. The van der Waals surface area contributed by atoms with E-state index >= 15 is 0 Å². The number of pyridine rings is 1. The quantitative estimate of drug-likeness (QED) is 0.154. The van der Waals surface area contributed by atoms with E-state index in [1.165, 1.54) is 38.4 Å². The SMILES string of the molecule is COCC[C@H](Cc1ccc(F)cc1)[C@@H](Oc1ccccc1)[C@H](C)OC(=O)[C@H](C)CC(=O)c1nccc(OC)c1OC(C)=O. The van der Waals surface area contributed by atoms with Crippen molar-refractivity contribution in [2.24, 2.45) is 11.8 Å². The fourth-order valence-electron chi connectivity index (χ4n) is 4.66. The maximum Gasteiger partial charge on any atom is 0.309 e. The number of ketones is 1. The van der Waals surface area contributed by atoms with E-state index in [1.54, 1.807) is 33.1 Å². The predicted molar refractivity (Wildman–Crippen MR) is 157 cm³/mol. The van der Waals surface area contributed by atoms with E-state index in [-0.39, 0.29) is 35.3 Å². The van der Waals surface area contributed by atoms with Crippen LogP contribution in [0.3, 0.4) is 0 Å². The lowest BCUT2D eigenvalue weighted by molar-refractivity contribution is -0.159. The molecule has 0 amide bonds. The number of halogens is 1. The summed E-state index contributed by atoms with van der Waals surface area (Å²) >= 11 is 0. The van der Waals surface area contributed by atoms with E-state index in [2.05, 4.69) is 4.98 Å². The van der Waals surface area contributed by atoms with E-state index in [0.717, 1.165) is 5.56 Å². The first kappa shape index (κ1) is 33.2. The molecule has 43 heavy (non-hydrogen) atoms. The molecule has 0 aliphatic heterocycles. The van der Waals surface area contributed by atoms with Gasteiger partial charge in [0.05, 0.1) is 13.0 Å². The second-order valence-electron chi connectivity index (χ2n) is 10.2. The van der Waals surface area contributed by atoms with Gasteiger partial charge in [-0.3, -0.25) is 14.4 Å². The van der Waals surface area contributed by atoms with Crippen molar-refractivity contribution in [2.45, 2.75) is 52.2 Å². The molecule has 0 aliphatic rings. The molecule has 0 fully saturated rings. The lowest BCUT2D eigenvalue weighted by atomic mass is 9.88. The van der Waals surface area contributed by atoms with E-state index in [0.29, 0.717) is 25.2 Å². The minimum absolute atomic E-state index is 0.102. The Balaban J connectivity index is 1.80. The van der Waals surface area contributed by atoms with E-state index in [9.17, 15) is 18.8 Å². The second-order valence-corrected chi connectivity index (χ2v) is 10.2. The van der Waals surface area contributed by atoms with Crippen LogP contribution in [0, 0.1) is 17.7 Å². The molecule has 0 saturated carbocycles. The van der Waals surface area contributed by atoms with Crippen molar-refractivity contribution < 1.29 is 42.5 Å². The van der Waals surface area contributed by atoms with Crippen molar-refractivity contribution in [3.63, 3.8) is 0 Å². The molecule has 0 unspecified atom stereocenters. The smallest absolute Gasteiger partial charge is 0.309 e. The standard InChI is InChI=1S/C33H38FNO8/c1-21(19-28(37)30-32(42-23(3)36)29(40-5)15-17-35-30)33(38)41-22(2)31(43-27-9-7-6-8-10-27)25(16-18-39-4)20-24-11-13-26(34)14-12-24/h6-15,17,21-22,25,31H,16,18-20H2,1-5H3/t21-,22+,25-,31+/m1/s1. The van der Waals surface area contributed by atoms with Gasteiger partial charge in [0, 0.05) is 45.2 Å². The van der Waals surface area contributed by atoms with Gasteiger partial charge in [0.2, 0.25) is 5.75 Å². The number of carbonyl (C=O) groups excluding carboxylic acids is 3. The molecular weight excluding hydrogens is 557 g/mol. The highest BCUT2D eigenvalue weighted by Crippen LogP contribution is 2.31. The molecule has 3 rings (SSSR count). The average molecular weight is 596 g/mol. The molecule has 1 aromatic heterocycles. The van der Waals surface area contributed by atoms with E-state index < -0.39 is 35.8 Å². The Morgan fingerprint density at radius 1 is 0.953 bits per heavy atom. The van der Waals surface area contributed by atoms with Crippen LogP contribution in [0.15, 0.2) is 66.9 Å². The largest absolute Gasteiger partial charge is 0.493 e. The summed E-state index contributed by atoms with van der Waals surface area (Å²) in [6.07, 6.45) is 0.910. The number of methoxy groups -OCH3 is 2. The highest BCUT2D eigenvalue weighted by Gasteiger charge is 2.33. The van der Waals surface area contributed by atoms with Gasteiger partial charge in [0.25, 0.3) is 0 Å². The zero-order chi connectivity index (χ0) is 31.4. The van der Waals surface area contributed by atoms with E-state index in [4.69, 9.17) is 23.7 Å². The number of para-hydroxylation sites is 1. The van der Waals surface area contributed by atoms with Crippen molar-refractivity contribution in [3.05, 3.63) is 83.9 Å². The third kappa shape index (κ3) is 9.89. The van der Waals surface area contributed by atoms with Gasteiger partial charge in [-0.1, -0.05) is 37.3 Å². The third-order valence-electron chi connectivity index (χ3n) is 6.84. The van der Waals surface area contributed by atoms with Crippen molar-refractivity contribution in [1.82, 2.24) is 4.98 Å². The van der Waals surface area contributed by atoms with Gasteiger partial charge in [0.1, 0.15) is 23.8 Å². The van der Waals surface area contributed by atoms with Crippen LogP contribution in [0.25, 0.3) is 0 Å². The molecule has 2 aromatic carbocycles. The monoisotopic (exact) mass is 595 g/mol. The Bertz CT molecular complexity index is 1350. The Labute approximate surface area is 251 Å². The number of hydrogen-bond donors (Lipinski definition) is 0. The zero-order valence-corrected chi connectivity index (χ0v) is 25.1. The fraction of sp³-hybridized carbons (Fsp3) is 0.394. The molecule has 0 bridgehead atoms. The zero-order valence-electron chi connectivity index (χ0n) is 25.1. The van der Waals surface area contributed by atoms with Gasteiger partial charge < -0.3 is 23.7 Å². The molecule has 1 heterocycles. The first-order valence-corrected chi connectivity index (χ1v) is 14.0. The molecule has 0 spiro atoms. The molecule has 0 radical (unpaired) electrons. The Hall–Kier alpha value is -4.31. The summed E-state index contributed by atoms with van der Waals surface area (Å²) in [6, 6.07) is 16.9. The van der Waals surface area contributed by atoms with Crippen LogP contribution in [0.5, 0.6) is 17.2 Å². The van der Waals surface area contributed by atoms with Gasteiger partial charge in [-0.05, 0) is 49.6 Å². The summed E-state index contributed by atoms with van der Waals surface area (Å²) in [5.41, 5.74) is 0.780. The van der Waals surface area contributed by atoms with Crippen molar-refractivity contribution in [3.8, 4) is 17.2 Å². The van der Waals surface area contributed by atoms with Gasteiger partial charge in [-0.2, -0.15) is 0 Å². The van der Waals surface area contributed by atoms with Crippen LogP contribution in [0.2, 0.25) is 0 Å². The number of rotatable bonds is 16. The number of esters is 2. The molecule has 3 aromatic rings. The lowest BCUT2D eigenvalue weighted by Crippen LogP contribution is -2.42. The third-order valence-corrected chi connectivity index (χ3v) is 6.84. The van der Waals surface area contributed by atoms with Crippen LogP contribution in [0.1, 0.15) is 49.7 Å². The Morgan fingerprint density at radius 2 is 1.65 bits per heavy atom. The summed E-state index contributed by atoms with van der Waals surface area (Å²) in [5, 5.41) is 0. The minimum atomic E-state index is -0.847. The van der Waals surface area contributed by atoms with Crippen LogP contribution >= 0.6 is 0 Å². The van der Waals surface area contributed by atoms with Crippen molar-refractivity contribution in [2.75, 3.05) is 20.8 Å². The normalized spacial score (nSPS) is 13.7. The van der Waals surface area contributed by atoms with Gasteiger partial charge in [0.15, 0.2) is 17.2 Å². The van der Waals surface area contributed by atoms with Gasteiger partial charge >= 0.3 is 11.9 Å². The predicted octanol–water partition coefficient (Wildman–Crippen LogP) is 5.64. The van der Waals surface area contributed by atoms with Crippen LogP contribution in [-0.2, 0) is 25.5 Å². The fourth-order valence-corrected chi connectivity index (χ4v) is 4.66. The Morgan fingerprint density at radius 3 is 2.28 bits per heavy atom. The number of aromatic nitrogens is 1. The summed E-state index contributed by atoms with van der Waals surface area (Å²) in [7, 11) is 2.98. The van der Waals surface area contributed by atoms with Crippen LogP contribution in [-0.4, -0.2) is 55.7 Å². The average Bonchev–Trinajstić information content (AvgIpc) is 2.99. The summed E-state index contributed by atoms with van der Waals surface area (Å²) in [6.45, 7) is 4.95. The summed E-state index contributed by atoms with van der Waals surface area (Å²) in [4.78, 5) is 42.1. The maximum atomic E-state index is 13.6. The number of nitrogens with zero attached hydrogens (tertiary/aromatic N) is 1. The van der Waals surface area contributed by atoms with E-state index in [1.807, 2.05) is 30.3 Å². The summed E-state index contributed by atoms with van der Waals surface area (Å²) < 4.78 is 41.6. The van der Waals surface area contributed by atoms with Crippen LogP contribution < -0.4 is 14.2 Å². The number of benzene rings is 2. The number of Topliss-reactive ketones (excluding diaryl/α,β-unsaturated/α-hetero) is 1. The highest BCUT2D eigenvalue weighted by molar-refractivity contribution is 5.99. The maximum absolute atomic E-state index is 13.6. The molecule has 10 heteroatoms. The first-order chi connectivity index (χ1) is 20.6. The minimum Gasteiger partial charge on any atom is -0.493 e. The van der Waals surface area contributed by atoms with Crippen molar-refractivity contribution >= 4 is 17.7 Å². The van der Waals surface area contributed by atoms with Crippen molar-refractivity contribution in [1.29, 1.82) is 0 Å². The number of hydrogen-bond acceptors (Lipinski definition) is 9.